The van der Waals surface area contributed by atoms with Crippen LogP contribution in [0.1, 0.15) is 290 Å². The monoisotopic (exact) mass is 1270 g/mol. The third-order valence-electron chi connectivity index (χ3n) is 14.4. The van der Waals surface area contributed by atoms with E-state index in [1.165, 1.54) is 103 Å². The molecule has 87 heavy (non-hydrogen) atoms. The quantitative estimate of drug-likeness (QED) is 0.0146. The molecule has 0 aromatic carbocycles. The third kappa shape index (κ3) is 64.3. The van der Waals surface area contributed by atoms with Crippen molar-refractivity contribution >= 4 is 33.6 Å². The van der Waals surface area contributed by atoms with Gasteiger partial charge in [0.25, 0.3) is 0 Å². The fourth-order valence-electron chi connectivity index (χ4n) is 9.07. The van der Waals surface area contributed by atoms with Crippen LogP contribution in [0.4, 0.5) is 0 Å². The molecule has 0 aromatic rings. The van der Waals surface area contributed by atoms with E-state index in [2.05, 4.69) is 93.7 Å². The van der Waals surface area contributed by atoms with Crippen LogP contribution in [0.2, 0.25) is 0 Å². The van der Waals surface area contributed by atoms with Crippen LogP contribution < -0.4 is 0 Å². The van der Waals surface area contributed by atoms with Crippen molar-refractivity contribution < 1.29 is 75.8 Å². The van der Waals surface area contributed by atoms with Gasteiger partial charge in [0, 0.05) is 19.3 Å². The number of aliphatic hydroxyl groups is 2. The molecule has 0 bridgehead atoms. The van der Waals surface area contributed by atoms with Crippen molar-refractivity contribution in [3.8, 4) is 0 Å². The molecule has 0 amide bonds. The molecule has 4 N–H and O–H groups in total. The standard InChI is InChI=1S/C69H124O16P2/c1-4-7-10-13-16-19-22-25-28-29-30-31-32-33-36-38-40-43-46-49-52-55-67(72)79-58-64(70)59-81-86(75,76)82-60-65(71)61-83-87(77,78)84-63-66(85-69(74)57-54-51-48-45-42-39-35-27-24-21-18-15-12-9-6-3)62-80-68(73)56-53-50-47-44-41-37-34-26-23-20-17-14-11-8-5-2/h16,19,25-28,30-31,33-36,64-66,70-71H,4-15,17-18,20-24,29,32,37-63H2,1-3H3,(H,75,76)(H,77,78)/b19-16-,28-25-,31-30-,34-26-,35-27-,36-33-. The van der Waals surface area contributed by atoms with Crippen molar-refractivity contribution in [3.63, 3.8) is 0 Å². The van der Waals surface area contributed by atoms with Gasteiger partial charge in [-0.1, -0.05) is 229 Å². The van der Waals surface area contributed by atoms with Gasteiger partial charge in [-0.25, -0.2) is 9.13 Å². The molecule has 0 aliphatic rings. The number of esters is 3. The molecule has 18 heteroatoms. The first-order valence-electron chi connectivity index (χ1n) is 34.2. The van der Waals surface area contributed by atoms with Gasteiger partial charge in [-0.2, -0.15) is 0 Å². The number of ether oxygens (including phenoxy) is 3. The zero-order valence-electron chi connectivity index (χ0n) is 54.7. The molecule has 0 saturated carbocycles. The maximum absolute atomic E-state index is 12.9. The zero-order chi connectivity index (χ0) is 63.8. The first-order valence-corrected chi connectivity index (χ1v) is 37.2. The van der Waals surface area contributed by atoms with Crippen molar-refractivity contribution in [2.24, 2.45) is 0 Å². The van der Waals surface area contributed by atoms with Crippen LogP contribution in [-0.4, -0.2) is 95.9 Å². The highest BCUT2D eigenvalue weighted by molar-refractivity contribution is 7.47. The molecule has 0 radical (unpaired) electrons. The lowest BCUT2D eigenvalue weighted by molar-refractivity contribution is -0.161. The van der Waals surface area contributed by atoms with Crippen molar-refractivity contribution in [3.05, 3.63) is 72.9 Å². The molecular formula is C69H124O16P2. The number of aliphatic hydroxyl groups excluding tert-OH is 2. The summed E-state index contributed by atoms with van der Waals surface area (Å²) in [6.07, 6.45) is 65.2. The maximum atomic E-state index is 12.9. The summed E-state index contributed by atoms with van der Waals surface area (Å²) in [6.45, 7) is 2.61. The van der Waals surface area contributed by atoms with E-state index in [1.54, 1.807) is 0 Å². The Morgan fingerprint density at radius 1 is 0.322 bits per heavy atom. The number of allylic oxidation sites excluding steroid dienone is 12. The van der Waals surface area contributed by atoms with Crippen LogP contribution in [-0.2, 0) is 55.8 Å². The number of hydrogen-bond donors (Lipinski definition) is 4. The Balaban J connectivity index is 4.65. The Hall–Kier alpha value is -3.01. The molecule has 0 rings (SSSR count). The first kappa shape index (κ1) is 84.0. The van der Waals surface area contributed by atoms with E-state index >= 15 is 0 Å². The lowest BCUT2D eigenvalue weighted by Crippen LogP contribution is -2.30. The average Bonchev–Trinajstić information content (AvgIpc) is 3.68. The fourth-order valence-corrected chi connectivity index (χ4v) is 10.7. The summed E-state index contributed by atoms with van der Waals surface area (Å²) in [5.41, 5.74) is 0. The molecule has 0 aliphatic heterocycles. The minimum Gasteiger partial charge on any atom is -0.463 e. The Labute approximate surface area is 528 Å². The molecule has 5 unspecified atom stereocenters. The highest BCUT2D eigenvalue weighted by Gasteiger charge is 2.29. The van der Waals surface area contributed by atoms with Crippen LogP contribution in [0.15, 0.2) is 72.9 Å². The highest BCUT2D eigenvalue weighted by Crippen LogP contribution is 2.45. The molecule has 5 atom stereocenters. The van der Waals surface area contributed by atoms with Crippen molar-refractivity contribution in [1.82, 2.24) is 0 Å². The van der Waals surface area contributed by atoms with Gasteiger partial charge >= 0.3 is 33.6 Å². The number of phosphoric ester groups is 2. The van der Waals surface area contributed by atoms with E-state index < -0.39 is 91.5 Å². The summed E-state index contributed by atoms with van der Waals surface area (Å²) < 4.78 is 60.8. The number of unbranched alkanes of at least 4 members (excludes halogenated alkanes) is 30. The molecule has 0 saturated heterocycles. The molecule has 506 valence electrons. The Morgan fingerprint density at radius 2 is 0.575 bits per heavy atom. The van der Waals surface area contributed by atoms with E-state index in [0.29, 0.717) is 19.3 Å². The normalized spacial score (nSPS) is 14.7. The largest absolute Gasteiger partial charge is 0.472 e. The minimum absolute atomic E-state index is 0.0947. The minimum atomic E-state index is -4.92. The fraction of sp³-hybridized carbons (Fsp3) is 0.783. The van der Waals surface area contributed by atoms with Crippen LogP contribution in [0, 0.1) is 0 Å². The van der Waals surface area contributed by atoms with Gasteiger partial charge in [0.1, 0.15) is 25.4 Å². The summed E-state index contributed by atoms with van der Waals surface area (Å²) >= 11 is 0. The van der Waals surface area contributed by atoms with Crippen molar-refractivity contribution in [1.29, 1.82) is 0 Å². The van der Waals surface area contributed by atoms with Crippen LogP contribution >= 0.6 is 15.6 Å². The van der Waals surface area contributed by atoms with Crippen LogP contribution in [0.3, 0.4) is 0 Å². The lowest BCUT2D eigenvalue weighted by atomic mass is 10.1. The molecule has 16 nitrogen and oxygen atoms in total. The molecule has 0 aliphatic carbocycles. The predicted octanol–water partition coefficient (Wildman–Crippen LogP) is 18.8. The molecule has 0 spiro atoms. The maximum Gasteiger partial charge on any atom is 0.472 e. The van der Waals surface area contributed by atoms with E-state index in [-0.39, 0.29) is 19.3 Å². The number of carbonyl (C=O) groups excluding carboxylic acids is 3. The zero-order valence-corrected chi connectivity index (χ0v) is 56.5. The molecule has 0 fully saturated rings. The average molecular weight is 1270 g/mol. The second-order valence-corrected chi connectivity index (χ2v) is 25.9. The Bertz CT molecular complexity index is 1880. The first-order chi connectivity index (χ1) is 42.2. The SMILES string of the molecule is CCCCC/C=C\C/C=C\C/C=C\C/C=C\CCCCCCCC(=O)OCC(O)COP(=O)(O)OCC(O)COP(=O)(O)OCC(COC(=O)CCCCCCC/C=C\CCCCCCCC)OC(=O)CCCCCCC/C=C\CCCCCCCC. The van der Waals surface area contributed by atoms with Gasteiger partial charge in [-0.3, -0.25) is 32.5 Å². The predicted molar refractivity (Wildman–Crippen MR) is 353 cm³/mol. The summed E-state index contributed by atoms with van der Waals surface area (Å²) in [7, 11) is -9.78. The van der Waals surface area contributed by atoms with E-state index in [4.69, 9.17) is 32.3 Å². The van der Waals surface area contributed by atoms with Gasteiger partial charge < -0.3 is 34.2 Å². The lowest BCUT2D eigenvalue weighted by Gasteiger charge is -2.21. The summed E-state index contributed by atoms with van der Waals surface area (Å²) in [4.78, 5) is 58.3. The number of hydrogen-bond acceptors (Lipinski definition) is 14. The van der Waals surface area contributed by atoms with E-state index in [1.807, 2.05) is 0 Å². The number of rotatable bonds is 65. The van der Waals surface area contributed by atoms with Gasteiger partial charge in [0.15, 0.2) is 6.10 Å². The Kier molecular flexibility index (Phi) is 61.0. The second-order valence-electron chi connectivity index (χ2n) is 23.0. The Morgan fingerprint density at radius 3 is 0.943 bits per heavy atom. The van der Waals surface area contributed by atoms with Gasteiger partial charge in [0.05, 0.1) is 26.4 Å². The van der Waals surface area contributed by atoms with Crippen LogP contribution in [0.5, 0.6) is 0 Å². The summed E-state index contributed by atoms with van der Waals surface area (Å²) in [5.74, 6) is -1.60. The van der Waals surface area contributed by atoms with Gasteiger partial charge in [-0.15, -0.1) is 0 Å². The van der Waals surface area contributed by atoms with Crippen molar-refractivity contribution in [2.45, 2.75) is 309 Å². The van der Waals surface area contributed by atoms with Gasteiger partial charge in [-0.05, 0) is 116 Å². The second kappa shape index (κ2) is 63.2. The highest BCUT2D eigenvalue weighted by atomic mass is 31.2. The van der Waals surface area contributed by atoms with Crippen LogP contribution in [0.25, 0.3) is 0 Å². The van der Waals surface area contributed by atoms with Gasteiger partial charge in [0.2, 0.25) is 0 Å². The summed E-state index contributed by atoms with van der Waals surface area (Å²) in [6, 6.07) is 0. The number of carbonyl (C=O) groups is 3. The number of phosphoric acid groups is 2. The van der Waals surface area contributed by atoms with Crippen molar-refractivity contribution in [2.75, 3.05) is 39.6 Å². The molecule has 0 aromatic heterocycles. The molecule has 0 heterocycles. The third-order valence-corrected chi connectivity index (χ3v) is 16.3. The van der Waals surface area contributed by atoms with E-state index in [0.717, 1.165) is 128 Å². The van der Waals surface area contributed by atoms with E-state index in [9.17, 15) is 43.5 Å². The smallest absolute Gasteiger partial charge is 0.463 e. The summed E-state index contributed by atoms with van der Waals surface area (Å²) in [5, 5.41) is 20.5. The molecular weight excluding hydrogens is 1150 g/mol. The topological polar surface area (TPSA) is 231 Å².